The van der Waals surface area contributed by atoms with Crippen LogP contribution in [0, 0.1) is 10.1 Å². The van der Waals surface area contributed by atoms with Crippen LogP contribution in [0.15, 0.2) is 58.5 Å². The lowest BCUT2D eigenvalue weighted by atomic mass is 10.2. The quantitative estimate of drug-likeness (QED) is 0.273. The Labute approximate surface area is 171 Å². The molecule has 3 aromatic rings. The van der Waals surface area contributed by atoms with Gasteiger partial charge < -0.3 is 5.32 Å². The maximum absolute atomic E-state index is 12.8. The first kappa shape index (κ1) is 20.5. The van der Waals surface area contributed by atoms with Crippen molar-refractivity contribution in [2.75, 3.05) is 5.32 Å². The first-order valence-corrected chi connectivity index (χ1v) is 10.0. The molecule has 0 spiro atoms. The second-order valence-corrected chi connectivity index (χ2v) is 7.70. The number of aromatic nitrogens is 2. The number of nitrogens with zero attached hydrogens (tertiary/aromatic N) is 3. The Hall–Kier alpha value is -3.20. The van der Waals surface area contributed by atoms with Crippen molar-refractivity contribution < 1.29 is 9.72 Å². The van der Waals surface area contributed by atoms with Gasteiger partial charge in [0.2, 0.25) is 5.91 Å². The third kappa shape index (κ3) is 4.45. The van der Waals surface area contributed by atoms with Gasteiger partial charge in [0.1, 0.15) is 5.69 Å². The van der Waals surface area contributed by atoms with Crippen LogP contribution in [0.3, 0.4) is 0 Å². The zero-order valence-electron chi connectivity index (χ0n) is 16.0. The minimum absolute atomic E-state index is 0.132. The fourth-order valence-corrected chi connectivity index (χ4v) is 3.78. The summed E-state index contributed by atoms with van der Waals surface area (Å²) in [6, 6.07) is 13.0. The zero-order chi connectivity index (χ0) is 21.0. The molecule has 0 radical (unpaired) electrons. The van der Waals surface area contributed by atoms with E-state index in [4.69, 9.17) is 0 Å². The Kier molecular flexibility index (Phi) is 6.28. The van der Waals surface area contributed by atoms with Crippen molar-refractivity contribution in [3.8, 4) is 0 Å². The van der Waals surface area contributed by atoms with Crippen molar-refractivity contribution in [3.63, 3.8) is 0 Å². The molecule has 2 aromatic carbocycles. The summed E-state index contributed by atoms with van der Waals surface area (Å²) in [7, 11) is 0. The van der Waals surface area contributed by atoms with Gasteiger partial charge in [-0.05, 0) is 31.5 Å². The van der Waals surface area contributed by atoms with E-state index in [2.05, 4.69) is 10.3 Å². The predicted molar refractivity (Wildman–Crippen MR) is 113 cm³/mol. The molecule has 0 aliphatic rings. The molecule has 0 unspecified atom stereocenters. The number of hydrogen-bond acceptors (Lipinski definition) is 6. The Bertz CT molecular complexity index is 1130. The number of fused-ring (bicyclic) bond motifs is 1. The van der Waals surface area contributed by atoms with Crippen LogP contribution in [0.4, 0.5) is 11.4 Å². The van der Waals surface area contributed by atoms with Gasteiger partial charge in [0.05, 0.1) is 21.1 Å². The van der Waals surface area contributed by atoms with Gasteiger partial charge in [-0.15, -0.1) is 0 Å². The van der Waals surface area contributed by atoms with Crippen molar-refractivity contribution in [2.24, 2.45) is 0 Å². The molecule has 1 amide bonds. The molecule has 29 heavy (non-hydrogen) atoms. The van der Waals surface area contributed by atoms with Crippen LogP contribution in [0.2, 0.25) is 0 Å². The summed E-state index contributed by atoms with van der Waals surface area (Å²) in [5, 5.41) is 14.1. The molecule has 9 heteroatoms. The van der Waals surface area contributed by atoms with Crippen LogP contribution < -0.4 is 10.9 Å². The molecule has 1 heterocycles. The van der Waals surface area contributed by atoms with E-state index in [9.17, 15) is 19.7 Å². The summed E-state index contributed by atoms with van der Waals surface area (Å²) in [6.45, 7) is 4.12. The number of benzene rings is 2. The number of carbonyl (C=O) groups excluding carboxylic acids is 1. The normalized spacial score (nSPS) is 11.9. The largest absolute Gasteiger partial charge is 0.319 e. The van der Waals surface area contributed by atoms with E-state index < -0.39 is 16.1 Å². The summed E-state index contributed by atoms with van der Waals surface area (Å²) < 4.78 is 1.57. The number of hydrogen-bond donors (Lipinski definition) is 1. The smallest absolute Gasteiger partial charge is 0.292 e. The lowest BCUT2D eigenvalue weighted by Gasteiger charge is -2.16. The molecule has 150 valence electrons. The number of nitrogens with one attached hydrogen (secondary N) is 1. The number of para-hydroxylation sites is 3. The highest BCUT2D eigenvalue weighted by molar-refractivity contribution is 8.00. The predicted octanol–water partition coefficient (Wildman–Crippen LogP) is 3.83. The average molecular weight is 412 g/mol. The molecule has 0 bridgehead atoms. The molecule has 3 rings (SSSR count). The lowest BCUT2D eigenvalue weighted by Crippen LogP contribution is -2.27. The van der Waals surface area contributed by atoms with Gasteiger partial charge in [0.15, 0.2) is 5.16 Å². The number of carbonyl (C=O) groups is 1. The van der Waals surface area contributed by atoms with E-state index in [-0.39, 0.29) is 16.9 Å². The summed E-state index contributed by atoms with van der Waals surface area (Å²) in [5.74, 6) is -0.408. The van der Waals surface area contributed by atoms with Crippen LogP contribution in [0.5, 0.6) is 0 Å². The summed E-state index contributed by atoms with van der Waals surface area (Å²) >= 11 is 1.15. The van der Waals surface area contributed by atoms with Crippen molar-refractivity contribution in [2.45, 2.75) is 37.2 Å². The van der Waals surface area contributed by atoms with Crippen molar-refractivity contribution in [3.05, 3.63) is 69.0 Å². The maximum atomic E-state index is 12.8. The van der Waals surface area contributed by atoms with Crippen LogP contribution in [0.1, 0.15) is 20.3 Å². The van der Waals surface area contributed by atoms with Gasteiger partial charge in [-0.2, -0.15) is 0 Å². The Balaban J connectivity index is 1.88. The standard InChI is InChI=1S/C20H20N4O4S/c1-3-12-23-19(26)14-8-4-5-9-15(14)22-20(23)29-13(2)18(25)21-16-10-6-7-11-17(16)24(27)28/h4-11,13H,3,12H2,1-2H3,(H,21,25)/t13-/m1/s1. The summed E-state index contributed by atoms with van der Waals surface area (Å²) in [4.78, 5) is 40.6. The first-order chi connectivity index (χ1) is 13.9. The molecular formula is C20H20N4O4S. The van der Waals surface area contributed by atoms with Crippen LogP contribution in [-0.2, 0) is 11.3 Å². The topological polar surface area (TPSA) is 107 Å². The average Bonchev–Trinajstić information content (AvgIpc) is 2.71. The fraction of sp³-hybridized carbons (Fsp3) is 0.250. The van der Waals surface area contributed by atoms with Crippen molar-refractivity contribution in [1.82, 2.24) is 9.55 Å². The van der Waals surface area contributed by atoms with Crippen molar-refractivity contribution >= 4 is 39.9 Å². The highest BCUT2D eigenvalue weighted by Crippen LogP contribution is 2.27. The molecule has 1 aromatic heterocycles. The Morgan fingerprint density at radius 3 is 2.66 bits per heavy atom. The number of thioether (sulfide) groups is 1. The SMILES string of the molecule is CCCn1c(S[C@H](C)C(=O)Nc2ccccc2[N+](=O)[O-])nc2ccccc2c1=O. The zero-order valence-corrected chi connectivity index (χ0v) is 16.8. The molecule has 0 fully saturated rings. The number of rotatable bonds is 7. The van der Waals surface area contributed by atoms with Crippen LogP contribution >= 0.6 is 11.8 Å². The monoisotopic (exact) mass is 412 g/mol. The highest BCUT2D eigenvalue weighted by atomic mass is 32.2. The Morgan fingerprint density at radius 2 is 1.93 bits per heavy atom. The molecule has 0 saturated heterocycles. The van der Waals surface area contributed by atoms with Crippen molar-refractivity contribution in [1.29, 1.82) is 0 Å². The highest BCUT2D eigenvalue weighted by Gasteiger charge is 2.22. The van der Waals surface area contributed by atoms with Gasteiger partial charge in [-0.3, -0.25) is 24.3 Å². The van der Waals surface area contributed by atoms with Gasteiger partial charge in [-0.25, -0.2) is 4.98 Å². The fourth-order valence-electron chi connectivity index (χ4n) is 2.84. The van der Waals surface area contributed by atoms with Gasteiger partial charge >= 0.3 is 0 Å². The number of anilines is 1. The minimum atomic E-state index is -0.619. The summed E-state index contributed by atoms with van der Waals surface area (Å²) in [6.07, 6.45) is 0.740. The molecule has 0 aliphatic heterocycles. The molecule has 0 aliphatic carbocycles. The van der Waals surface area contributed by atoms with E-state index in [1.54, 1.807) is 41.8 Å². The molecule has 8 nitrogen and oxygen atoms in total. The van der Waals surface area contributed by atoms with Gasteiger partial charge in [0, 0.05) is 12.6 Å². The lowest BCUT2D eigenvalue weighted by molar-refractivity contribution is -0.383. The van der Waals surface area contributed by atoms with Gasteiger partial charge in [-0.1, -0.05) is 43.0 Å². The van der Waals surface area contributed by atoms with E-state index in [0.717, 1.165) is 18.2 Å². The summed E-state index contributed by atoms with van der Waals surface area (Å²) in [5.41, 5.74) is 0.377. The number of nitro groups is 1. The second-order valence-electron chi connectivity index (χ2n) is 6.39. The molecular weight excluding hydrogens is 392 g/mol. The number of amides is 1. The number of nitro benzene ring substituents is 1. The third-order valence-electron chi connectivity index (χ3n) is 4.28. The molecule has 0 saturated carbocycles. The molecule has 1 N–H and O–H groups in total. The second kappa shape index (κ2) is 8.87. The van der Waals surface area contributed by atoms with Crippen LogP contribution in [0.25, 0.3) is 10.9 Å². The maximum Gasteiger partial charge on any atom is 0.292 e. The molecule has 1 atom stereocenters. The van der Waals surface area contributed by atoms with E-state index in [0.29, 0.717) is 22.6 Å². The van der Waals surface area contributed by atoms with E-state index in [1.807, 2.05) is 6.92 Å². The van der Waals surface area contributed by atoms with E-state index >= 15 is 0 Å². The van der Waals surface area contributed by atoms with Gasteiger partial charge in [0.25, 0.3) is 11.2 Å². The van der Waals surface area contributed by atoms with E-state index in [1.165, 1.54) is 18.2 Å². The minimum Gasteiger partial charge on any atom is -0.319 e. The van der Waals surface area contributed by atoms with Crippen LogP contribution in [-0.4, -0.2) is 25.6 Å². The first-order valence-electron chi connectivity index (χ1n) is 9.13. The third-order valence-corrected chi connectivity index (χ3v) is 5.37. The Morgan fingerprint density at radius 1 is 1.24 bits per heavy atom.